The van der Waals surface area contributed by atoms with E-state index in [0.717, 1.165) is 0 Å². The molecule has 0 fully saturated rings. The first kappa shape index (κ1) is 19.0. The lowest BCUT2D eigenvalue weighted by atomic mass is 10.1. The van der Waals surface area contributed by atoms with Gasteiger partial charge in [0.05, 0.1) is 16.1 Å². The number of nitrogens with zero attached hydrogens (tertiary/aromatic N) is 4. The van der Waals surface area contributed by atoms with Crippen molar-refractivity contribution < 1.29 is 10.0 Å². The van der Waals surface area contributed by atoms with Crippen LogP contribution in [0.1, 0.15) is 5.56 Å². The van der Waals surface area contributed by atoms with E-state index in [1.54, 1.807) is 43.3 Å². The fourth-order valence-corrected chi connectivity index (χ4v) is 3.21. The van der Waals surface area contributed by atoms with Crippen LogP contribution in [0, 0.1) is 17.0 Å². The minimum atomic E-state index is -0.527. The third kappa shape index (κ3) is 3.30. The number of nitro groups is 1. The maximum absolute atomic E-state index is 13.2. The molecule has 3 aromatic carbocycles. The van der Waals surface area contributed by atoms with Gasteiger partial charge in [-0.2, -0.15) is 0 Å². The van der Waals surface area contributed by atoms with Crippen molar-refractivity contribution in [3.05, 3.63) is 98.8 Å². The fraction of sp³-hybridized carbons (Fsp3) is 0.0455. The van der Waals surface area contributed by atoms with E-state index in [2.05, 4.69) is 10.2 Å². The van der Waals surface area contributed by atoms with E-state index in [0.29, 0.717) is 27.8 Å². The Morgan fingerprint density at radius 1 is 0.967 bits per heavy atom. The van der Waals surface area contributed by atoms with E-state index >= 15 is 0 Å². The number of non-ortho nitro benzene ring substituents is 1. The Bertz CT molecular complexity index is 1360. The fourth-order valence-electron chi connectivity index (χ4n) is 3.21. The van der Waals surface area contributed by atoms with Gasteiger partial charge in [0.1, 0.15) is 0 Å². The highest BCUT2D eigenvalue weighted by Gasteiger charge is 2.17. The molecule has 0 aliphatic heterocycles. The van der Waals surface area contributed by atoms with Crippen LogP contribution in [0.25, 0.3) is 16.6 Å². The third-order valence-corrected chi connectivity index (χ3v) is 4.69. The zero-order valence-electron chi connectivity index (χ0n) is 15.9. The minimum Gasteiger partial charge on any atom is -0.505 e. The number of aromatic hydroxyl groups is 1. The highest BCUT2D eigenvalue weighted by molar-refractivity contribution is 5.90. The number of aromatic nitrogens is 1. The van der Waals surface area contributed by atoms with Gasteiger partial charge in [0.25, 0.3) is 11.2 Å². The van der Waals surface area contributed by atoms with Gasteiger partial charge in [-0.05, 0) is 42.8 Å². The SMILES string of the molecule is Cc1cc([N+](=O)[O-])ccc1N=Nc1c(O)c2ccccc2n(-c2ccccc2)c1=O. The summed E-state index contributed by atoms with van der Waals surface area (Å²) in [6.45, 7) is 1.66. The standard InChI is InChI=1S/C22H16N4O4/c1-14-13-16(26(29)30)11-12-18(14)23-24-20-21(27)17-9-5-6-10-19(17)25(22(20)28)15-7-3-2-4-8-15/h2-13,27H,1H3. The molecule has 30 heavy (non-hydrogen) atoms. The zero-order chi connectivity index (χ0) is 21.3. The third-order valence-electron chi connectivity index (χ3n) is 4.69. The molecule has 1 aromatic heterocycles. The van der Waals surface area contributed by atoms with Crippen LogP contribution < -0.4 is 5.56 Å². The number of azo groups is 1. The average molecular weight is 400 g/mol. The summed E-state index contributed by atoms with van der Waals surface area (Å²) in [6.07, 6.45) is 0. The monoisotopic (exact) mass is 400 g/mol. The second kappa shape index (κ2) is 7.59. The number of para-hydroxylation sites is 2. The molecule has 8 heteroatoms. The average Bonchev–Trinajstić information content (AvgIpc) is 2.75. The molecular formula is C22H16N4O4. The molecule has 0 radical (unpaired) electrons. The van der Waals surface area contributed by atoms with Crippen LogP contribution >= 0.6 is 0 Å². The number of benzene rings is 3. The number of hydrogen-bond acceptors (Lipinski definition) is 6. The molecule has 4 aromatic rings. The Hall–Kier alpha value is -4.33. The van der Waals surface area contributed by atoms with Gasteiger partial charge in [0, 0.05) is 23.2 Å². The normalized spacial score (nSPS) is 11.2. The van der Waals surface area contributed by atoms with E-state index in [9.17, 15) is 20.0 Å². The Balaban J connectivity index is 1.91. The first-order chi connectivity index (χ1) is 14.5. The summed E-state index contributed by atoms with van der Waals surface area (Å²) in [7, 11) is 0. The quantitative estimate of drug-likeness (QED) is 0.284. The molecular weight excluding hydrogens is 384 g/mol. The van der Waals surface area contributed by atoms with Crippen LogP contribution in [0.3, 0.4) is 0 Å². The van der Waals surface area contributed by atoms with Crippen LogP contribution in [-0.2, 0) is 0 Å². The predicted octanol–water partition coefficient (Wildman–Crippen LogP) is 5.33. The summed E-state index contributed by atoms with van der Waals surface area (Å²) in [5.41, 5.74) is 1.25. The van der Waals surface area contributed by atoms with E-state index in [1.165, 1.54) is 22.8 Å². The van der Waals surface area contributed by atoms with Crippen molar-refractivity contribution >= 4 is 28.0 Å². The Kier molecular flexibility index (Phi) is 4.81. The van der Waals surface area contributed by atoms with Crippen LogP contribution in [0.15, 0.2) is 87.8 Å². The number of hydrogen-bond donors (Lipinski definition) is 1. The van der Waals surface area contributed by atoms with E-state index < -0.39 is 10.5 Å². The van der Waals surface area contributed by atoms with Gasteiger partial charge in [-0.25, -0.2) is 0 Å². The molecule has 0 unspecified atom stereocenters. The van der Waals surface area contributed by atoms with Crippen molar-refractivity contribution in [2.24, 2.45) is 10.2 Å². The molecule has 1 N–H and O–H groups in total. The van der Waals surface area contributed by atoms with E-state index in [-0.39, 0.29) is 17.1 Å². The molecule has 0 aliphatic carbocycles. The van der Waals surface area contributed by atoms with E-state index in [4.69, 9.17) is 0 Å². The van der Waals surface area contributed by atoms with Crippen LogP contribution in [0.5, 0.6) is 5.75 Å². The maximum Gasteiger partial charge on any atom is 0.287 e. The maximum atomic E-state index is 13.2. The van der Waals surface area contributed by atoms with Crippen molar-refractivity contribution in [2.45, 2.75) is 6.92 Å². The lowest BCUT2D eigenvalue weighted by Crippen LogP contribution is -2.18. The van der Waals surface area contributed by atoms with Crippen molar-refractivity contribution in [1.82, 2.24) is 4.57 Å². The molecule has 0 saturated heterocycles. The predicted molar refractivity (Wildman–Crippen MR) is 113 cm³/mol. The van der Waals surface area contributed by atoms with Crippen LogP contribution in [-0.4, -0.2) is 14.6 Å². The van der Waals surface area contributed by atoms with Gasteiger partial charge < -0.3 is 5.11 Å². The van der Waals surface area contributed by atoms with Crippen molar-refractivity contribution in [1.29, 1.82) is 0 Å². The van der Waals surface area contributed by atoms with Gasteiger partial charge in [0.2, 0.25) is 0 Å². The molecule has 0 amide bonds. The Morgan fingerprint density at radius 2 is 1.67 bits per heavy atom. The molecule has 0 spiro atoms. The first-order valence-corrected chi connectivity index (χ1v) is 9.06. The summed E-state index contributed by atoms with van der Waals surface area (Å²) >= 11 is 0. The van der Waals surface area contributed by atoms with Crippen molar-refractivity contribution in [3.8, 4) is 11.4 Å². The van der Waals surface area contributed by atoms with Gasteiger partial charge in [-0.3, -0.25) is 19.5 Å². The van der Waals surface area contributed by atoms with Crippen molar-refractivity contribution in [3.63, 3.8) is 0 Å². The highest BCUT2D eigenvalue weighted by atomic mass is 16.6. The summed E-state index contributed by atoms with van der Waals surface area (Å²) in [4.78, 5) is 23.6. The lowest BCUT2D eigenvalue weighted by molar-refractivity contribution is -0.384. The molecule has 0 bridgehead atoms. The Labute approximate surface area is 170 Å². The first-order valence-electron chi connectivity index (χ1n) is 9.06. The van der Waals surface area contributed by atoms with Crippen molar-refractivity contribution in [2.75, 3.05) is 0 Å². The largest absolute Gasteiger partial charge is 0.505 e. The zero-order valence-corrected chi connectivity index (χ0v) is 15.9. The van der Waals surface area contributed by atoms with Gasteiger partial charge in [0.15, 0.2) is 11.4 Å². The molecule has 148 valence electrons. The van der Waals surface area contributed by atoms with Crippen LogP contribution in [0.2, 0.25) is 0 Å². The van der Waals surface area contributed by atoms with E-state index in [1.807, 2.05) is 18.2 Å². The van der Waals surface area contributed by atoms with Gasteiger partial charge >= 0.3 is 0 Å². The highest BCUT2D eigenvalue weighted by Crippen LogP contribution is 2.34. The molecule has 0 atom stereocenters. The summed E-state index contributed by atoms with van der Waals surface area (Å²) in [5.74, 6) is -0.272. The number of fused-ring (bicyclic) bond motifs is 1. The second-order valence-corrected chi connectivity index (χ2v) is 6.62. The second-order valence-electron chi connectivity index (χ2n) is 6.62. The minimum absolute atomic E-state index is 0.0635. The number of aryl methyl sites for hydroxylation is 1. The number of rotatable bonds is 4. The smallest absolute Gasteiger partial charge is 0.287 e. The number of nitro benzene ring substituents is 1. The molecule has 0 saturated carbocycles. The lowest BCUT2D eigenvalue weighted by Gasteiger charge is -2.13. The Morgan fingerprint density at radius 3 is 2.37 bits per heavy atom. The van der Waals surface area contributed by atoms with Crippen LogP contribution in [0.4, 0.5) is 17.1 Å². The van der Waals surface area contributed by atoms with Gasteiger partial charge in [-0.1, -0.05) is 30.3 Å². The molecule has 4 rings (SSSR count). The summed E-state index contributed by atoms with van der Waals surface area (Å²) in [6, 6.07) is 20.1. The molecule has 8 nitrogen and oxygen atoms in total. The topological polar surface area (TPSA) is 110 Å². The number of pyridine rings is 1. The molecule has 1 heterocycles. The summed E-state index contributed by atoms with van der Waals surface area (Å²) in [5, 5.41) is 30.2. The van der Waals surface area contributed by atoms with Gasteiger partial charge in [-0.15, -0.1) is 10.2 Å². The summed E-state index contributed by atoms with van der Waals surface area (Å²) < 4.78 is 1.46. The molecule has 0 aliphatic rings.